The van der Waals surface area contributed by atoms with Gasteiger partial charge in [0.15, 0.2) is 0 Å². The van der Waals surface area contributed by atoms with Crippen LogP contribution in [0.3, 0.4) is 0 Å². The fourth-order valence-electron chi connectivity index (χ4n) is 2.13. The van der Waals surface area contributed by atoms with Crippen LogP contribution in [-0.2, 0) is 18.0 Å². The molecule has 25 heavy (non-hydrogen) atoms. The highest BCUT2D eigenvalue weighted by Gasteiger charge is 2.06. The molecular weight excluding hydrogens is 425 g/mol. The van der Waals surface area contributed by atoms with Crippen molar-refractivity contribution in [2.24, 2.45) is 5.16 Å². The van der Waals surface area contributed by atoms with Crippen LogP contribution < -0.4 is 0 Å². The third kappa shape index (κ3) is 5.88. The molecule has 0 atom stereocenters. The van der Waals surface area contributed by atoms with Gasteiger partial charge in [-0.15, -0.1) is 12.4 Å². The molecule has 0 fully saturated rings. The highest BCUT2D eigenvalue weighted by molar-refractivity contribution is 9.10. The number of hydrogen-bond donors (Lipinski definition) is 0. The van der Waals surface area contributed by atoms with Crippen molar-refractivity contribution in [3.05, 3.63) is 87.9 Å². The lowest BCUT2D eigenvalue weighted by Gasteiger charge is -2.08. The van der Waals surface area contributed by atoms with Crippen molar-refractivity contribution in [2.75, 3.05) is 0 Å². The Morgan fingerprint density at radius 1 is 1.12 bits per heavy atom. The van der Waals surface area contributed by atoms with Gasteiger partial charge in [-0.25, -0.2) is 4.98 Å². The van der Waals surface area contributed by atoms with E-state index in [4.69, 9.17) is 16.4 Å². The second-order valence-electron chi connectivity index (χ2n) is 5.18. The number of oxime groups is 1. The fraction of sp³-hybridized carbons (Fsp3) is 0.111. The molecule has 0 aliphatic rings. The summed E-state index contributed by atoms with van der Waals surface area (Å²) in [5.74, 6) is 0. The van der Waals surface area contributed by atoms with Crippen molar-refractivity contribution in [3.8, 4) is 0 Å². The average Bonchev–Trinajstić information content (AvgIpc) is 3.10. The Labute approximate surface area is 166 Å². The van der Waals surface area contributed by atoms with Gasteiger partial charge in [-0.1, -0.05) is 57.0 Å². The number of imidazole rings is 1. The van der Waals surface area contributed by atoms with Crippen molar-refractivity contribution < 1.29 is 4.84 Å². The number of nitrogens with zero attached hydrogens (tertiary/aromatic N) is 3. The quantitative estimate of drug-likeness (QED) is 0.383. The van der Waals surface area contributed by atoms with E-state index < -0.39 is 0 Å². The van der Waals surface area contributed by atoms with Gasteiger partial charge in [0.2, 0.25) is 0 Å². The Morgan fingerprint density at radius 3 is 2.48 bits per heavy atom. The van der Waals surface area contributed by atoms with Gasteiger partial charge in [0, 0.05) is 27.5 Å². The van der Waals surface area contributed by atoms with Crippen LogP contribution in [0, 0.1) is 0 Å². The van der Waals surface area contributed by atoms with Gasteiger partial charge in [-0.2, -0.15) is 0 Å². The van der Waals surface area contributed by atoms with Gasteiger partial charge < -0.3 is 9.40 Å². The first-order valence-corrected chi connectivity index (χ1v) is 8.53. The fourth-order valence-corrected chi connectivity index (χ4v) is 2.52. The van der Waals surface area contributed by atoms with Crippen LogP contribution in [-0.4, -0.2) is 15.3 Å². The molecule has 0 aliphatic carbocycles. The lowest BCUT2D eigenvalue weighted by atomic mass is 10.1. The molecule has 7 heteroatoms. The van der Waals surface area contributed by atoms with E-state index in [0.29, 0.717) is 18.2 Å². The van der Waals surface area contributed by atoms with E-state index in [1.54, 1.807) is 12.5 Å². The molecule has 130 valence electrons. The second kappa shape index (κ2) is 9.61. The first-order chi connectivity index (χ1) is 11.7. The van der Waals surface area contributed by atoms with Gasteiger partial charge in [0.05, 0.1) is 12.9 Å². The Balaban J connectivity index is 0.00000225. The monoisotopic (exact) mass is 439 g/mol. The van der Waals surface area contributed by atoms with E-state index in [9.17, 15) is 0 Å². The summed E-state index contributed by atoms with van der Waals surface area (Å²) in [5, 5.41) is 5.02. The summed E-state index contributed by atoms with van der Waals surface area (Å²) >= 11 is 9.38. The Bertz CT molecular complexity index is 803. The summed E-state index contributed by atoms with van der Waals surface area (Å²) < 4.78 is 2.98. The second-order valence-corrected chi connectivity index (χ2v) is 6.53. The van der Waals surface area contributed by atoms with Crippen molar-refractivity contribution in [3.63, 3.8) is 0 Å². The smallest absolute Gasteiger partial charge is 0.142 e. The molecular formula is C18H16BrCl2N3O. The predicted molar refractivity (Wildman–Crippen MR) is 106 cm³/mol. The maximum absolute atomic E-state index is 5.97. The highest BCUT2D eigenvalue weighted by Crippen LogP contribution is 2.13. The van der Waals surface area contributed by atoms with E-state index in [-0.39, 0.29) is 12.4 Å². The topological polar surface area (TPSA) is 39.4 Å². The standard InChI is InChI=1S/C18H15BrClN3O.ClH/c19-16-5-1-14(2-6-16)12-24-22-18(11-23-10-9-21-13-23)15-3-7-17(20)8-4-15;/h1-10,13H,11-12H2;1H/b22-18+;. The molecule has 1 heterocycles. The maximum atomic E-state index is 5.97. The van der Waals surface area contributed by atoms with Crippen molar-refractivity contribution in [1.82, 2.24) is 9.55 Å². The van der Waals surface area contributed by atoms with Crippen molar-refractivity contribution in [2.45, 2.75) is 13.2 Å². The summed E-state index contributed by atoms with van der Waals surface area (Å²) in [6, 6.07) is 15.5. The average molecular weight is 441 g/mol. The minimum Gasteiger partial charge on any atom is -0.391 e. The molecule has 2 aromatic carbocycles. The predicted octanol–water partition coefficient (Wildman–Crippen LogP) is 5.34. The molecule has 1 aromatic heterocycles. The first kappa shape index (κ1) is 19.5. The number of halogens is 3. The summed E-state index contributed by atoms with van der Waals surface area (Å²) in [7, 11) is 0. The zero-order chi connectivity index (χ0) is 16.8. The molecule has 0 N–H and O–H groups in total. The van der Waals surface area contributed by atoms with Crippen LogP contribution in [0.15, 0.2) is 76.9 Å². The molecule has 0 amide bonds. The summed E-state index contributed by atoms with van der Waals surface area (Å²) in [6.07, 6.45) is 5.38. The van der Waals surface area contributed by atoms with Gasteiger partial charge in [-0.05, 0) is 29.8 Å². The van der Waals surface area contributed by atoms with Gasteiger partial charge >= 0.3 is 0 Å². The summed E-state index contributed by atoms with van der Waals surface area (Å²) in [4.78, 5) is 9.62. The molecule has 0 spiro atoms. The Kier molecular flexibility index (Phi) is 7.50. The zero-order valence-electron chi connectivity index (χ0n) is 13.2. The minimum absolute atomic E-state index is 0. The molecule has 3 rings (SSSR count). The van der Waals surface area contributed by atoms with E-state index in [1.807, 2.05) is 59.3 Å². The SMILES string of the molecule is Cl.Clc1ccc(/C(Cn2ccnc2)=N/OCc2ccc(Br)cc2)cc1. The van der Waals surface area contributed by atoms with E-state index >= 15 is 0 Å². The highest BCUT2D eigenvalue weighted by atomic mass is 79.9. The molecule has 4 nitrogen and oxygen atoms in total. The van der Waals surface area contributed by atoms with Crippen LogP contribution in [0.4, 0.5) is 0 Å². The maximum Gasteiger partial charge on any atom is 0.142 e. The third-order valence-electron chi connectivity index (χ3n) is 3.39. The van der Waals surface area contributed by atoms with Gasteiger partial charge in [0.25, 0.3) is 0 Å². The molecule has 0 saturated carbocycles. The molecule has 3 aromatic rings. The van der Waals surface area contributed by atoms with Crippen LogP contribution in [0.2, 0.25) is 5.02 Å². The minimum atomic E-state index is 0. The van der Waals surface area contributed by atoms with Gasteiger partial charge in [0.1, 0.15) is 12.3 Å². The van der Waals surface area contributed by atoms with E-state index in [2.05, 4.69) is 26.1 Å². The molecule has 0 saturated heterocycles. The van der Waals surface area contributed by atoms with Crippen molar-refractivity contribution in [1.29, 1.82) is 0 Å². The number of hydrogen-bond acceptors (Lipinski definition) is 3. The van der Waals surface area contributed by atoms with Crippen molar-refractivity contribution >= 4 is 45.6 Å². The van der Waals surface area contributed by atoms with Gasteiger partial charge in [-0.3, -0.25) is 0 Å². The van der Waals surface area contributed by atoms with E-state index in [0.717, 1.165) is 21.3 Å². The largest absolute Gasteiger partial charge is 0.391 e. The zero-order valence-corrected chi connectivity index (χ0v) is 16.3. The lowest BCUT2D eigenvalue weighted by Crippen LogP contribution is -2.11. The summed E-state index contributed by atoms with van der Waals surface area (Å²) in [6.45, 7) is 0.982. The van der Waals surface area contributed by atoms with Crippen LogP contribution in [0.5, 0.6) is 0 Å². The lowest BCUT2D eigenvalue weighted by molar-refractivity contribution is 0.130. The third-order valence-corrected chi connectivity index (χ3v) is 4.17. The Hall–Kier alpha value is -1.82. The molecule has 0 aliphatic heterocycles. The van der Waals surface area contributed by atoms with E-state index in [1.165, 1.54) is 0 Å². The molecule has 0 radical (unpaired) electrons. The Morgan fingerprint density at radius 2 is 1.84 bits per heavy atom. The normalized spacial score (nSPS) is 11.0. The molecule has 0 bridgehead atoms. The summed E-state index contributed by atoms with van der Waals surface area (Å²) in [5.41, 5.74) is 2.82. The number of rotatable bonds is 6. The van der Waals surface area contributed by atoms with Crippen LogP contribution >= 0.6 is 39.9 Å². The first-order valence-electron chi connectivity index (χ1n) is 7.36. The van der Waals surface area contributed by atoms with Crippen LogP contribution in [0.25, 0.3) is 0 Å². The van der Waals surface area contributed by atoms with Crippen LogP contribution in [0.1, 0.15) is 11.1 Å². The number of benzene rings is 2. The number of aromatic nitrogens is 2. The molecule has 0 unspecified atom stereocenters.